The van der Waals surface area contributed by atoms with E-state index in [1.165, 1.54) is 86.5 Å². The normalized spacial score (nSPS) is 17.1. The zero-order valence-electron chi connectivity index (χ0n) is 13.7. The first-order valence-electron chi connectivity index (χ1n) is 9.10. The topological polar surface area (TPSA) is 0 Å². The lowest BCUT2D eigenvalue weighted by Crippen LogP contribution is -1.91. The molecular formula is C22H28. The summed E-state index contributed by atoms with van der Waals surface area (Å²) in [5, 5.41) is 0. The first-order chi connectivity index (χ1) is 10.9. The molecule has 0 nitrogen and oxygen atoms in total. The molecule has 0 saturated carbocycles. The molecular weight excluding hydrogens is 264 g/mol. The molecule has 0 heterocycles. The SMILES string of the molecule is c1cc2cc(c1)-c1cccc(c1)CCCCCCCCCC2. The molecule has 22 heavy (non-hydrogen) atoms. The Bertz CT molecular complexity index is 529. The smallest absolute Gasteiger partial charge is 0.0181 e. The minimum absolute atomic E-state index is 1.23. The Morgan fingerprint density at radius 1 is 0.455 bits per heavy atom. The van der Waals surface area contributed by atoms with Gasteiger partial charge in [-0.3, -0.25) is 0 Å². The van der Waals surface area contributed by atoms with Crippen molar-refractivity contribution in [3.05, 3.63) is 59.7 Å². The molecule has 0 fully saturated rings. The Labute approximate surface area is 135 Å². The van der Waals surface area contributed by atoms with Crippen molar-refractivity contribution < 1.29 is 0 Å². The van der Waals surface area contributed by atoms with Crippen LogP contribution in [0.1, 0.15) is 62.5 Å². The molecule has 1 aliphatic rings. The average Bonchev–Trinajstić information content (AvgIpc) is 2.56. The maximum absolute atomic E-state index is 2.39. The summed E-state index contributed by atoms with van der Waals surface area (Å²) >= 11 is 0. The van der Waals surface area contributed by atoms with Gasteiger partial charge in [-0.15, -0.1) is 0 Å². The van der Waals surface area contributed by atoms with Crippen LogP contribution in [0.2, 0.25) is 0 Å². The zero-order chi connectivity index (χ0) is 15.0. The Balaban J connectivity index is 1.81. The number of hydrogen-bond acceptors (Lipinski definition) is 0. The van der Waals surface area contributed by atoms with Gasteiger partial charge in [0.1, 0.15) is 0 Å². The number of aryl methyl sites for hydroxylation is 2. The van der Waals surface area contributed by atoms with Crippen LogP contribution in [0, 0.1) is 0 Å². The molecule has 2 aromatic rings. The Morgan fingerprint density at radius 3 is 1.32 bits per heavy atom. The lowest BCUT2D eigenvalue weighted by Gasteiger charge is -2.09. The van der Waals surface area contributed by atoms with Crippen molar-refractivity contribution >= 4 is 0 Å². The van der Waals surface area contributed by atoms with E-state index in [1.54, 1.807) is 0 Å². The largest absolute Gasteiger partial charge is 0.0614 e. The lowest BCUT2D eigenvalue weighted by atomic mass is 9.96. The Morgan fingerprint density at radius 2 is 0.864 bits per heavy atom. The summed E-state index contributed by atoms with van der Waals surface area (Å²) < 4.78 is 0. The van der Waals surface area contributed by atoms with Gasteiger partial charge in [0.25, 0.3) is 0 Å². The van der Waals surface area contributed by atoms with E-state index >= 15 is 0 Å². The van der Waals surface area contributed by atoms with Crippen LogP contribution in [0.25, 0.3) is 11.1 Å². The van der Waals surface area contributed by atoms with Crippen LogP contribution in [-0.2, 0) is 12.8 Å². The fourth-order valence-electron chi connectivity index (χ4n) is 3.53. The van der Waals surface area contributed by atoms with E-state index in [1.807, 2.05) is 0 Å². The van der Waals surface area contributed by atoms with Crippen LogP contribution >= 0.6 is 0 Å². The second-order valence-electron chi connectivity index (χ2n) is 6.73. The molecule has 116 valence electrons. The number of benzene rings is 2. The van der Waals surface area contributed by atoms with Crippen molar-refractivity contribution in [1.82, 2.24) is 0 Å². The van der Waals surface area contributed by atoms with Crippen LogP contribution in [0.4, 0.5) is 0 Å². The second-order valence-corrected chi connectivity index (χ2v) is 6.73. The molecule has 0 heteroatoms. The van der Waals surface area contributed by atoms with Gasteiger partial charge in [-0.25, -0.2) is 0 Å². The summed E-state index contributed by atoms with van der Waals surface area (Å²) in [5.41, 5.74) is 5.75. The summed E-state index contributed by atoms with van der Waals surface area (Å²) in [6, 6.07) is 18.3. The third-order valence-electron chi connectivity index (χ3n) is 4.87. The van der Waals surface area contributed by atoms with Gasteiger partial charge >= 0.3 is 0 Å². The molecule has 0 N–H and O–H groups in total. The van der Waals surface area contributed by atoms with Gasteiger partial charge in [0, 0.05) is 0 Å². The zero-order valence-corrected chi connectivity index (χ0v) is 13.7. The Kier molecular flexibility index (Phi) is 5.70. The van der Waals surface area contributed by atoms with E-state index in [0.29, 0.717) is 0 Å². The third kappa shape index (κ3) is 4.47. The maximum Gasteiger partial charge on any atom is -0.0181 e. The summed E-state index contributed by atoms with van der Waals surface area (Å²) in [6.45, 7) is 0. The van der Waals surface area contributed by atoms with Crippen LogP contribution < -0.4 is 0 Å². The average molecular weight is 292 g/mol. The van der Waals surface area contributed by atoms with Crippen molar-refractivity contribution in [2.45, 2.75) is 64.2 Å². The molecule has 0 aliphatic heterocycles. The molecule has 4 bridgehead atoms. The monoisotopic (exact) mass is 292 g/mol. The quantitative estimate of drug-likeness (QED) is 0.515. The van der Waals surface area contributed by atoms with Crippen molar-refractivity contribution in [2.75, 3.05) is 0 Å². The highest BCUT2D eigenvalue weighted by atomic mass is 14.1. The molecule has 0 amide bonds. The molecule has 1 aliphatic carbocycles. The third-order valence-corrected chi connectivity index (χ3v) is 4.87. The van der Waals surface area contributed by atoms with Gasteiger partial charge in [-0.05, 0) is 47.9 Å². The summed E-state index contributed by atoms with van der Waals surface area (Å²) in [7, 11) is 0. The highest BCUT2D eigenvalue weighted by molar-refractivity contribution is 5.65. The van der Waals surface area contributed by atoms with E-state index in [4.69, 9.17) is 0 Å². The lowest BCUT2D eigenvalue weighted by molar-refractivity contribution is 0.567. The second kappa shape index (κ2) is 8.17. The Hall–Kier alpha value is -1.56. The summed E-state index contributed by atoms with van der Waals surface area (Å²) in [5.74, 6) is 0. The van der Waals surface area contributed by atoms with E-state index in [0.717, 1.165) is 0 Å². The molecule has 0 unspecified atom stereocenters. The van der Waals surface area contributed by atoms with E-state index in [2.05, 4.69) is 48.5 Å². The van der Waals surface area contributed by atoms with E-state index in [-0.39, 0.29) is 0 Å². The van der Waals surface area contributed by atoms with Crippen LogP contribution in [-0.4, -0.2) is 0 Å². The number of hydrogen-bond donors (Lipinski definition) is 0. The first kappa shape index (κ1) is 15.3. The van der Waals surface area contributed by atoms with Crippen molar-refractivity contribution in [2.24, 2.45) is 0 Å². The van der Waals surface area contributed by atoms with Gasteiger partial charge < -0.3 is 0 Å². The van der Waals surface area contributed by atoms with Crippen LogP contribution in [0.5, 0.6) is 0 Å². The van der Waals surface area contributed by atoms with Gasteiger partial charge in [-0.1, -0.05) is 87.1 Å². The molecule has 0 aromatic heterocycles. The van der Waals surface area contributed by atoms with Crippen molar-refractivity contribution in [3.8, 4) is 11.1 Å². The maximum atomic E-state index is 2.39. The van der Waals surface area contributed by atoms with Gasteiger partial charge in [0.15, 0.2) is 0 Å². The predicted molar refractivity (Wildman–Crippen MR) is 96.2 cm³/mol. The van der Waals surface area contributed by atoms with Crippen molar-refractivity contribution in [3.63, 3.8) is 0 Å². The molecule has 0 atom stereocenters. The minimum atomic E-state index is 1.23. The highest BCUT2D eigenvalue weighted by Crippen LogP contribution is 2.24. The van der Waals surface area contributed by atoms with Gasteiger partial charge in [0.05, 0.1) is 0 Å². The minimum Gasteiger partial charge on any atom is -0.0614 e. The standard InChI is InChI=1S/C22H28/c1-2-4-6-8-12-20-14-10-16-22(18-20)21-15-9-13-19(17-21)11-7-5-3-1/h9-10,13-18H,1-8,11-12H2. The fourth-order valence-corrected chi connectivity index (χ4v) is 3.53. The highest BCUT2D eigenvalue weighted by Gasteiger charge is 2.03. The first-order valence-corrected chi connectivity index (χ1v) is 9.10. The molecule has 0 saturated heterocycles. The van der Waals surface area contributed by atoms with E-state index in [9.17, 15) is 0 Å². The van der Waals surface area contributed by atoms with Crippen LogP contribution in [0.15, 0.2) is 48.5 Å². The van der Waals surface area contributed by atoms with Crippen molar-refractivity contribution in [1.29, 1.82) is 0 Å². The molecule has 0 spiro atoms. The summed E-state index contributed by atoms with van der Waals surface area (Å²) in [4.78, 5) is 0. The predicted octanol–water partition coefficient (Wildman–Crippen LogP) is 6.57. The van der Waals surface area contributed by atoms with Crippen LogP contribution in [0.3, 0.4) is 0 Å². The molecule has 3 rings (SSSR count). The molecule has 0 radical (unpaired) electrons. The number of rotatable bonds is 0. The fraction of sp³-hybridized carbons (Fsp3) is 0.455. The summed E-state index contributed by atoms with van der Waals surface area (Å²) in [6.07, 6.45) is 13.6. The molecule has 2 aromatic carbocycles. The van der Waals surface area contributed by atoms with Gasteiger partial charge in [0.2, 0.25) is 0 Å². The van der Waals surface area contributed by atoms with Gasteiger partial charge in [-0.2, -0.15) is 0 Å². The number of fused-ring (bicyclic) bond motifs is 5. The van der Waals surface area contributed by atoms with E-state index < -0.39 is 0 Å².